The maximum absolute atomic E-state index is 9.00. The van der Waals surface area contributed by atoms with Gasteiger partial charge in [-0.3, -0.25) is 4.79 Å². The fraction of sp³-hybridized carbons (Fsp3) is 0.917. The van der Waals surface area contributed by atoms with Crippen molar-refractivity contribution in [2.24, 2.45) is 5.92 Å². The van der Waals surface area contributed by atoms with Gasteiger partial charge in [0.25, 0.3) is 5.97 Å². The van der Waals surface area contributed by atoms with E-state index in [1.54, 1.807) is 0 Å². The molecule has 1 atom stereocenters. The second-order valence-electron chi connectivity index (χ2n) is 5.19. The molecule has 1 N–H and O–H groups in total. The van der Waals surface area contributed by atoms with Crippen molar-refractivity contribution in [1.29, 1.82) is 0 Å². The van der Waals surface area contributed by atoms with E-state index in [0.29, 0.717) is 0 Å². The molecule has 17 heavy (non-hydrogen) atoms. The molecule has 0 fully saturated rings. The number of hydrogen-bond donors (Lipinski definition) is 3. The monoisotopic (exact) mass is 388 g/mol. The summed E-state index contributed by atoms with van der Waals surface area (Å²) in [6.45, 7) is 8.00. The number of thiol groups is 2. The first-order valence-corrected chi connectivity index (χ1v) is 19.3. The van der Waals surface area contributed by atoms with E-state index in [-0.39, 0.29) is 0 Å². The van der Waals surface area contributed by atoms with Gasteiger partial charge in [-0.25, -0.2) is 0 Å². The van der Waals surface area contributed by atoms with Gasteiger partial charge >= 0.3 is 96.5 Å². The second kappa shape index (κ2) is 10.9. The molecule has 1 unspecified atom stereocenters. The summed E-state index contributed by atoms with van der Waals surface area (Å²) in [5.74, 6) is 0.0252. The molecule has 0 radical (unpaired) electrons. The van der Waals surface area contributed by atoms with Crippen LogP contribution in [0, 0.1) is 5.92 Å². The van der Waals surface area contributed by atoms with Crippen molar-refractivity contribution in [2.75, 3.05) is 0 Å². The SMILES string of the molecule is CC(=O)O.CC(C)CCCC[CH](C)[Sn]([CH3])([SH])[SH]. The molecule has 0 heterocycles. The average Bonchev–Trinajstić information content (AvgIpc) is 2.09. The number of hydrogen-bond acceptors (Lipinski definition) is 3. The zero-order valence-corrected chi connectivity index (χ0v) is 16.4. The van der Waals surface area contributed by atoms with Gasteiger partial charge in [-0.1, -0.05) is 0 Å². The van der Waals surface area contributed by atoms with Crippen LogP contribution in [0.2, 0.25) is 8.87 Å². The molecular weight excluding hydrogens is 359 g/mol. The molecule has 0 aliphatic rings. The third-order valence-electron chi connectivity index (χ3n) is 2.60. The zero-order chi connectivity index (χ0) is 14.1. The Morgan fingerprint density at radius 1 is 1.18 bits per heavy atom. The Balaban J connectivity index is 0. The summed E-state index contributed by atoms with van der Waals surface area (Å²) < 4.78 is 0.799. The Labute approximate surface area is 119 Å². The first-order valence-electron chi connectivity index (χ1n) is 6.21. The number of rotatable bonds is 6. The van der Waals surface area contributed by atoms with E-state index in [1.165, 1.54) is 25.7 Å². The van der Waals surface area contributed by atoms with Crippen LogP contribution >= 0.6 is 19.6 Å². The molecule has 0 amide bonds. The standard InChI is InChI=1S/C9H19.C2H4O2.CH3.2H2S.Sn/c1-4-5-6-7-8-9(2)3;1-2(3)4;;;;/h4,9H,5-8H2,1-3H3;1H3,(H,3,4);1H3;2*1H2;/q;;;;;+2/p-2. The van der Waals surface area contributed by atoms with Crippen molar-refractivity contribution >= 4 is 41.2 Å². The van der Waals surface area contributed by atoms with Gasteiger partial charge in [0.05, 0.1) is 0 Å². The van der Waals surface area contributed by atoms with Crippen LogP contribution in [0.15, 0.2) is 0 Å². The second-order valence-corrected chi connectivity index (χ2v) is 29.1. The van der Waals surface area contributed by atoms with E-state index >= 15 is 0 Å². The summed E-state index contributed by atoms with van der Waals surface area (Å²) >= 11 is -2.13. The molecule has 104 valence electrons. The zero-order valence-electron chi connectivity index (χ0n) is 11.7. The number of unbranched alkanes of at least 4 members (excludes halogenated alkanes) is 1. The Morgan fingerprint density at radius 2 is 1.53 bits per heavy atom. The van der Waals surface area contributed by atoms with Crippen LogP contribution in [0.5, 0.6) is 0 Å². The van der Waals surface area contributed by atoms with E-state index in [2.05, 4.69) is 45.3 Å². The molecule has 0 aromatic carbocycles. The maximum atomic E-state index is 9.00. The van der Waals surface area contributed by atoms with Gasteiger partial charge < -0.3 is 5.11 Å². The van der Waals surface area contributed by atoms with Gasteiger partial charge in [-0.15, -0.1) is 0 Å². The van der Waals surface area contributed by atoms with E-state index in [0.717, 1.165) is 16.8 Å². The van der Waals surface area contributed by atoms with Crippen molar-refractivity contribution < 1.29 is 9.90 Å². The minimum absolute atomic E-state index is 0.799. The van der Waals surface area contributed by atoms with Crippen LogP contribution in [0.1, 0.15) is 53.4 Å². The first-order chi connectivity index (χ1) is 7.57. The fourth-order valence-electron chi connectivity index (χ4n) is 1.28. The molecule has 0 rings (SSSR count). The number of carbonyl (C=O) groups is 1. The van der Waals surface area contributed by atoms with Crippen molar-refractivity contribution in [3.05, 3.63) is 0 Å². The molecule has 0 aromatic heterocycles. The van der Waals surface area contributed by atoms with Crippen molar-refractivity contribution in [1.82, 2.24) is 0 Å². The van der Waals surface area contributed by atoms with Crippen LogP contribution in [-0.2, 0) is 4.79 Å². The molecule has 0 aliphatic heterocycles. The quantitative estimate of drug-likeness (QED) is 0.354. The Hall–Kier alpha value is 0.969. The molecule has 0 saturated heterocycles. The van der Waals surface area contributed by atoms with Gasteiger partial charge in [-0.05, 0) is 0 Å². The van der Waals surface area contributed by atoms with Crippen LogP contribution in [-0.4, -0.2) is 26.7 Å². The van der Waals surface area contributed by atoms with E-state index in [4.69, 9.17) is 9.90 Å². The molecule has 2 nitrogen and oxygen atoms in total. The van der Waals surface area contributed by atoms with Gasteiger partial charge in [-0.2, -0.15) is 0 Å². The van der Waals surface area contributed by atoms with Crippen LogP contribution in [0.4, 0.5) is 0 Å². The average molecular weight is 387 g/mol. The van der Waals surface area contributed by atoms with E-state index < -0.39 is 21.6 Å². The molecule has 0 bridgehead atoms. The fourth-order valence-corrected chi connectivity index (χ4v) is 5.15. The van der Waals surface area contributed by atoms with Crippen molar-refractivity contribution in [3.8, 4) is 0 Å². The van der Waals surface area contributed by atoms with Crippen molar-refractivity contribution in [3.63, 3.8) is 0 Å². The predicted molar refractivity (Wildman–Crippen MR) is 85.6 cm³/mol. The summed E-state index contributed by atoms with van der Waals surface area (Å²) in [5.41, 5.74) is 0. The Bertz CT molecular complexity index is 199. The van der Waals surface area contributed by atoms with Gasteiger partial charge in [0.15, 0.2) is 0 Å². The Morgan fingerprint density at radius 3 is 1.82 bits per heavy atom. The van der Waals surface area contributed by atoms with Gasteiger partial charge in [0.1, 0.15) is 0 Å². The predicted octanol–water partition coefficient (Wildman–Crippen LogP) is 4.62. The van der Waals surface area contributed by atoms with Crippen LogP contribution in [0.25, 0.3) is 0 Å². The third-order valence-corrected chi connectivity index (χ3v) is 14.7. The molecule has 0 spiro atoms. The van der Waals surface area contributed by atoms with E-state index in [9.17, 15) is 0 Å². The first kappa shape index (κ1) is 20.3. The van der Waals surface area contributed by atoms with Gasteiger partial charge in [0, 0.05) is 6.92 Å². The molecule has 0 saturated carbocycles. The van der Waals surface area contributed by atoms with Crippen LogP contribution in [0.3, 0.4) is 0 Å². The topological polar surface area (TPSA) is 37.3 Å². The van der Waals surface area contributed by atoms with Crippen molar-refractivity contribution in [2.45, 2.75) is 62.3 Å². The minimum atomic E-state index is -2.13. The number of carboxylic acids is 1. The molecule has 0 aromatic rings. The molecule has 0 aliphatic carbocycles. The number of aliphatic carboxylic acids is 1. The molecule has 5 heteroatoms. The van der Waals surface area contributed by atoms with Crippen LogP contribution < -0.4 is 0 Å². The summed E-state index contributed by atoms with van der Waals surface area (Å²) in [6.07, 6.45) is 5.46. The van der Waals surface area contributed by atoms with Gasteiger partial charge in [0.2, 0.25) is 0 Å². The van der Waals surface area contributed by atoms with E-state index in [1.807, 2.05) is 0 Å². The normalized spacial score (nSPS) is 12.9. The summed E-state index contributed by atoms with van der Waals surface area (Å²) in [5, 5.41) is 7.42. The Kier molecular flexibility index (Phi) is 13.0. The summed E-state index contributed by atoms with van der Waals surface area (Å²) in [4.78, 5) is 11.3. The number of carboxylic acid groups (broad SMARTS) is 1. The molecular formula is C12H28O2S2Sn. The third kappa shape index (κ3) is 19.5. The summed E-state index contributed by atoms with van der Waals surface area (Å²) in [6, 6.07) is 0. The summed E-state index contributed by atoms with van der Waals surface area (Å²) in [7, 11) is 9.33.